The molecule has 3 amide bonds. The Balaban J connectivity index is 2.52. The van der Waals surface area contributed by atoms with Gasteiger partial charge in [0.25, 0.3) is 0 Å². The van der Waals surface area contributed by atoms with Gasteiger partial charge in [0.15, 0.2) is 0 Å². The highest BCUT2D eigenvalue weighted by molar-refractivity contribution is 5.93. The molecule has 0 unspecified atom stereocenters. The fraction of sp³-hybridized carbons (Fsp3) is 0.333. The predicted molar refractivity (Wildman–Crippen MR) is 66.7 cm³/mol. The van der Waals surface area contributed by atoms with Crippen molar-refractivity contribution in [2.75, 3.05) is 11.9 Å². The summed E-state index contributed by atoms with van der Waals surface area (Å²) < 4.78 is 13.2. The average Bonchev–Trinajstić information content (AvgIpc) is 2.32. The Labute approximate surface area is 105 Å². The van der Waals surface area contributed by atoms with Gasteiger partial charge in [-0.15, -0.1) is 0 Å². The van der Waals surface area contributed by atoms with E-state index in [1.54, 1.807) is 19.9 Å². The van der Waals surface area contributed by atoms with E-state index in [1.165, 1.54) is 18.2 Å². The summed E-state index contributed by atoms with van der Waals surface area (Å²) in [5, 5.41) is 7.31. The number of hydrogen-bond acceptors (Lipinski definition) is 2. The van der Waals surface area contributed by atoms with Crippen molar-refractivity contribution < 1.29 is 14.0 Å². The number of nitrogens with one attached hydrogen (secondary N) is 3. The topological polar surface area (TPSA) is 70.2 Å². The zero-order chi connectivity index (χ0) is 13.5. The molecule has 98 valence electrons. The molecular weight excluding hydrogens is 237 g/mol. The molecule has 0 heterocycles. The van der Waals surface area contributed by atoms with Gasteiger partial charge in [-0.3, -0.25) is 4.79 Å². The normalized spacial score (nSPS) is 11.5. The number of hydrogen-bond donors (Lipinski definition) is 3. The van der Waals surface area contributed by atoms with Crippen LogP contribution < -0.4 is 16.0 Å². The smallest absolute Gasteiger partial charge is 0.319 e. The van der Waals surface area contributed by atoms with Gasteiger partial charge < -0.3 is 16.0 Å². The van der Waals surface area contributed by atoms with E-state index in [0.717, 1.165) is 0 Å². The molecule has 0 aliphatic carbocycles. The molecule has 3 N–H and O–H groups in total. The van der Waals surface area contributed by atoms with Crippen molar-refractivity contribution in [2.24, 2.45) is 0 Å². The van der Waals surface area contributed by atoms with E-state index in [-0.39, 0.29) is 11.6 Å². The van der Waals surface area contributed by atoms with Gasteiger partial charge in [-0.2, -0.15) is 0 Å². The maximum Gasteiger partial charge on any atom is 0.319 e. The lowest BCUT2D eigenvalue weighted by Gasteiger charge is -2.14. The zero-order valence-corrected chi connectivity index (χ0v) is 10.3. The van der Waals surface area contributed by atoms with Crippen molar-refractivity contribution in [2.45, 2.75) is 19.9 Å². The molecule has 1 atom stereocenters. The molecule has 1 aromatic carbocycles. The maximum absolute atomic E-state index is 13.2. The summed E-state index contributed by atoms with van der Waals surface area (Å²) in [4.78, 5) is 22.9. The Morgan fingerprint density at radius 3 is 2.61 bits per heavy atom. The number of likely N-dealkylation sites (N-methyl/N-ethyl adjacent to an activating group) is 1. The van der Waals surface area contributed by atoms with Crippen LogP contribution in [0.2, 0.25) is 0 Å². The molecule has 0 spiro atoms. The van der Waals surface area contributed by atoms with Crippen LogP contribution in [-0.4, -0.2) is 24.5 Å². The zero-order valence-electron chi connectivity index (χ0n) is 10.3. The first-order valence-corrected chi connectivity index (χ1v) is 5.64. The number of urea groups is 1. The first-order valence-electron chi connectivity index (χ1n) is 5.64. The molecule has 0 bridgehead atoms. The summed E-state index contributed by atoms with van der Waals surface area (Å²) in [7, 11) is 0. The molecule has 0 aromatic heterocycles. The van der Waals surface area contributed by atoms with Crippen LogP contribution in [0, 0.1) is 5.82 Å². The van der Waals surface area contributed by atoms with Gasteiger partial charge in [0.2, 0.25) is 5.91 Å². The first kappa shape index (κ1) is 14.0. The van der Waals surface area contributed by atoms with Crippen LogP contribution in [0.5, 0.6) is 0 Å². The average molecular weight is 253 g/mol. The molecule has 0 aliphatic heterocycles. The molecule has 0 aliphatic rings. The van der Waals surface area contributed by atoms with Gasteiger partial charge in [-0.05, 0) is 26.0 Å². The summed E-state index contributed by atoms with van der Waals surface area (Å²) in [6.45, 7) is 3.82. The molecule has 18 heavy (non-hydrogen) atoms. The Morgan fingerprint density at radius 1 is 1.33 bits per heavy atom. The summed E-state index contributed by atoms with van der Waals surface area (Å²) in [5.41, 5.74) is 0.0677. The van der Waals surface area contributed by atoms with E-state index in [2.05, 4.69) is 16.0 Å². The third-order valence-corrected chi connectivity index (χ3v) is 2.21. The SMILES string of the molecule is CCNC(=O)[C@@H](C)NC(=O)Nc1ccccc1F. The number of para-hydroxylation sites is 1. The molecule has 5 nitrogen and oxygen atoms in total. The highest BCUT2D eigenvalue weighted by atomic mass is 19.1. The number of benzene rings is 1. The van der Waals surface area contributed by atoms with Crippen molar-refractivity contribution in [1.82, 2.24) is 10.6 Å². The van der Waals surface area contributed by atoms with E-state index in [1.807, 2.05) is 0 Å². The number of carbonyl (C=O) groups excluding carboxylic acids is 2. The van der Waals surface area contributed by atoms with E-state index >= 15 is 0 Å². The second-order valence-electron chi connectivity index (χ2n) is 3.69. The number of carbonyl (C=O) groups is 2. The minimum absolute atomic E-state index is 0.0677. The van der Waals surface area contributed by atoms with E-state index in [0.29, 0.717) is 6.54 Å². The highest BCUT2D eigenvalue weighted by Crippen LogP contribution is 2.11. The van der Waals surface area contributed by atoms with Crippen LogP contribution in [0.15, 0.2) is 24.3 Å². The minimum atomic E-state index is -0.684. The van der Waals surface area contributed by atoms with Crippen LogP contribution >= 0.6 is 0 Å². The summed E-state index contributed by atoms with van der Waals surface area (Å²) in [6.07, 6.45) is 0. The van der Waals surface area contributed by atoms with Crippen molar-refractivity contribution in [3.8, 4) is 0 Å². The second-order valence-corrected chi connectivity index (χ2v) is 3.69. The van der Waals surface area contributed by atoms with Gasteiger partial charge in [-0.25, -0.2) is 9.18 Å². The van der Waals surface area contributed by atoms with Gasteiger partial charge in [0.1, 0.15) is 11.9 Å². The van der Waals surface area contributed by atoms with E-state index in [4.69, 9.17) is 0 Å². The maximum atomic E-state index is 13.2. The Kier molecular flexibility index (Phi) is 5.10. The predicted octanol–water partition coefficient (Wildman–Crippen LogP) is 1.47. The molecule has 1 aromatic rings. The van der Waals surface area contributed by atoms with Gasteiger partial charge in [-0.1, -0.05) is 12.1 Å². The third-order valence-electron chi connectivity index (χ3n) is 2.21. The van der Waals surface area contributed by atoms with Crippen molar-refractivity contribution in [1.29, 1.82) is 0 Å². The lowest BCUT2D eigenvalue weighted by Crippen LogP contribution is -2.46. The number of rotatable bonds is 4. The fourth-order valence-electron chi connectivity index (χ4n) is 1.31. The molecule has 1 rings (SSSR count). The summed E-state index contributed by atoms with van der Waals surface area (Å²) in [5.74, 6) is -0.820. The van der Waals surface area contributed by atoms with E-state index in [9.17, 15) is 14.0 Å². The van der Waals surface area contributed by atoms with Gasteiger partial charge >= 0.3 is 6.03 Å². The largest absolute Gasteiger partial charge is 0.355 e. The van der Waals surface area contributed by atoms with Crippen LogP contribution in [0.25, 0.3) is 0 Å². The second kappa shape index (κ2) is 6.58. The van der Waals surface area contributed by atoms with Crippen LogP contribution in [0.3, 0.4) is 0 Å². The Morgan fingerprint density at radius 2 is 2.00 bits per heavy atom. The molecule has 0 radical (unpaired) electrons. The summed E-state index contributed by atoms with van der Waals surface area (Å²) >= 11 is 0. The molecule has 0 saturated heterocycles. The van der Waals surface area contributed by atoms with Crippen LogP contribution in [-0.2, 0) is 4.79 Å². The quantitative estimate of drug-likeness (QED) is 0.760. The third kappa shape index (κ3) is 4.04. The number of amides is 3. The molecule has 6 heteroatoms. The van der Waals surface area contributed by atoms with Crippen molar-refractivity contribution in [3.05, 3.63) is 30.1 Å². The lowest BCUT2D eigenvalue weighted by atomic mass is 10.3. The Bertz CT molecular complexity index is 437. The van der Waals surface area contributed by atoms with Crippen molar-refractivity contribution >= 4 is 17.6 Å². The molecular formula is C12H16FN3O2. The summed E-state index contributed by atoms with van der Waals surface area (Å²) in [6, 6.07) is 4.49. The van der Waals surface area contributed by atoms with Gasteiger partial charge in [0, 0.05) is 6.54 Å². The number of halogens is 1. The molecule has 0 saturated carbocycles. The number of anilines is 1. The highest BCUT2D eigenvalue weighted by Gasteiger charge is 2.15. The Hall–Kier alpha value is -2.11. The van der Waals surface area contributed by atoms with Crippen LogP contribution in [0.1, 0.15) is 13.8 Å². The van der Waals surface area contributed by atoms with Gasteiger partial charge in [0.05, 0.1) is 5.69 Å². The minimum Gasteiger partial charge on any atom is -0.355 e. The monoisotopic (exact) mass is 253 g/mol. The van der Waals surface area contributed by atoms with Crippen molar-refractivity contribution in [3.63, 3.8) is 0 Å². The van der Waals surface area contributed by atoms with E-state index < -0.39 is 17.9 Å². The lowest BCUT2D eigenvalue weighted by molar-refractivity contribution is -0.122. The fourth-order valence-corrected chi connectivity index (χ4v) is 1.31. The van der Waals surface area contributed by atoms with Crippen LogP contribution in [0.4, 0.5) is 14.9 Å². The standard InChI is InChI=1S/C12H16FN3O2/c1-3-14-11(17)8(2)15-12(18)16-10-7-5-4-6-9(10)13/h4-8H,3H2,1-2H3,(H,14,17)(H2,15,16,18)/t8-/m1/s1. The first-order chi connectivity index (χ1) is 8.54. The molecule has 0 fully saturated rings.